The van der Waals surface area contributed by atoms with Gasteiger partial charge in [0.05, 0.1) is 5.41 Å². The van der Waals surface area contributed by atoms with Crippen molar-refractivity contribution in [2.45, 2.75) is 25.2 Å². The summed E-state index contributed by atoms with van der Waals surface area (Å²) in [6.07, 6.45) is 2.07. The van der Waals surface area contributed by atoms with E-state index in [1.165, 1.54) is 0 Å². The van der Waals surface area contributed by atoms with Gasteiger partial charge in [-0.25, -0.2) is 0 Å². The van der Waals surface area contributed by atoms with E-state index in [9.17, 15) is 0 Å². The first kappa shape index (κ1) is 12.8. The van der Waals surface area contributed by atoms with Gasteiger partial charge in [-0.1, -0.05) is 40.1 Å². The van der Waals surface area contributed by atoms with E-state index >= 15 is 0 Å². The highest BCUT2D eigenvalue weighted by Gasteiger charge is 2.39. The van der Waals surface area contributed by atoms with Gasteiger partial charge in [-0.05, 0) is 31.5 Å². The van der Waals surface area contributed by atoms with Gasteiger partial charge in [-0.2, -0.15) is 4.98 Å². The maximum absolute atomic E-state index is 5.53. The Kier molecular flexibility index (Phi) is 3.41. The lowest BCUT2D eigenvalue weighted by molar-refractivity contribution is 0.285. The summed E-state index contributed by atoms with van der Waals surface area (Å²) < 4.78 is 6.51. The first-order chi connectivity index (χ1) is 9.25. The third-order valence-corrected chi connectivity index (χ3v) is 4.61. The molecule has 1 N–H and O–H groups in total. The van der Waals surface area contributed by atoms with Crippen LogP contribution >= 0.6 is 15.9 Å². The summed E-state index contributed by atoms with van der Waals surface area (Å²) in [4.78, 5) is 4.62. The molecule has 1 unspecified atom stereocenters. The third-order valence-electron chi connectivity index (χ3n) is 3.91. The van der Waals surface area contributed by atoms with Crippen molar-refractivity contribution >= 4 is 15.9 Å². The van der Waals surface area contributed by atoms with E-state index in [2.05, 4.69) is 38.3 Å². The standard InChI is InChI=1S/C14H16BrN3O/c1-2-14(7-8-16-9-14)13-17-12(18-19-13)10-5-3-4-6-11(10)15/h3-6,16H,2,7-9H2,1H3. The maximum Gasteiger partial charge on any atom is 0.234 e. The Hall–Kier alpha value is -1.20. The lowest BCUT2D eigenvalue weighted by atomic mass is 9.84. The Bertz CT molecular complexity index is 576. The summed E-state index contributed by atoms with van der Waals surface area (Å²) in [5, 5.41) is 7.53. The molecule has 0 saturated carbocycles. The number of rotatable bonds is 3. The molecule has 2 heterocycles. The van der Waals surface area contributed by atoms with Crippen LogP contribution in [0, 0.1) is 0 Å². The van der Waals surface area contributed by atoms with Gasteiger partial charge in [0.2, 0.25) is 11.7 Å². The van der Waals surface area contributed by atoms with Crippen molar-refractivity contribution in [3.63, 3.8) is 0 Å². The predicted octanol–water partition coefficient (Wildman–Crippen LogP) is 3.14. The van der Waals surface area contributed by atoms with E-state index in [4.69, 9.17) is 4.52 Å². The highest BCUT2D eigenvalue weighted by Crippen LogP contribution is 2.34. The lowest BCUT2D eigenvalue weighted by Crippen LogP contribution is -2.28. The average molecular weight is 322 g/mol. The molecule has 1 fully saturated rings. The van der Waals surface area contributed by atoms with Gasteiger partial charge < -0.3 is 9.84 Å². The van der Waals surface area contributed by atoms with Crippen molar-refractivity contribution in [3.05, 3.63) is 34.6 Å². The number of hydrogen-bond acceptors (Lipinski definition) is 4. The molecule has 3 rings (SSSR count). The van der Waals surface area contributed by atoms with Crippen molar-refractivity contribution in [1.82, 2.24) is 15.5 Å². The molecule has 0 radical (unpaired) electrons. The minimum absolute atomic E-state index is 0.00645. The Labute approximate surface area is 120 Å². The van der Waals surface area contributed by atoms with Gasteiger partial charge in [0, 0.05) is 16.6 Å². The molecule has 1 atom stereocenters. The lowest BCUT2D eigenvalue weighted by Gasteiger charge is -2.20. The number of nitrogens with one attached hydrogen (secondary N) is 1. The van der Waals surface area contributed by atoms with E-state index in [1.807, 2.05) is 24.3 Å². The van der Waals surface area contributed by atoms with Gasteiger partial charge in [-0.15, -0.1) is 0 Å². The van der Waals surface area contributed by atoms with Crippen LogP contribution in [0.2, 0.25) is 0 Å². The van der Waals surface area contributed by atoms with Crippen LogP contribution in [0.4, 0.5) is 0 Å². The zero-order valence-electron chi connectivity index (χ0n) is 10.8. The van der Waals surface area contributed by atoms with Gasteiger partial charge >= 0.3 is 0 Å². The molecule has 19 heavy (non-hydrogen) atoms. The van der Waals surface area contributed by atoms with E-state index in [0.717, 1.165) is 41.9 Å². The molecule has 0 spiro atoms. The highest BCUT2D eigenvalue weighted by atomic mass is 79.9. The first-order valence-corrected chi connectivity index (χ1v) is 7.34. The van der Waals surface area contributed by atoms with Gasteiger partial charge in [0.25, 0.3) is 0 Å². The first-order valence-electron chi connectivity index (χ1n) is 6.55. The number of benzene rings is 1. The van der Waals surface area contributed by atoms with Gasteiger partial charge in [0.1, 0.15) is 0 Å². The van der Waals surface area contributed by atoms with Crippen molar-refractivity contribution in [2.75, 3.05) is 13.1 Å². The maximum atomic E-state index is 5.53. The van der Waals surface area contributed by atoms with E-state index < -0.39 is 0 Å². The average Bonchev–Trinajstić information content (AvgIpc) is 3.09. The van der Waals surface area contributed by atoms with E-state index in [1.54, 1.807) is 0 Å². The van der Waals surface area contributed by atoms with E-state index in [0.29, 0.717) is 5.82 Å². The molecule has 5 heteroatoms. The summed E-state index contributed by atoms with van der Waals surface area (Å²) in [6, 6.07) is 7.92. The second-order valence-corrected chi connectivity index (χ2v) is 5.82. The molecule has 2 aromatic rings. The normalized spacial score (nSPS) is 22.8. The summed E-state index contributed by atoms with van der Waals surface area (Å²) in [7, 11) is 0. The molecule has 1 aliphatic rings. The summed E-state index contributed by atoms with van der Waals surface area (Å²) in [6.45, 7) is 4.11. The van der Waals surface area contributed by atoms with E-state index in [-0.39, 0.29) is 5.41 Å². The Morgan fingerprint density at radius 1 is 1.42 bits per heavy atom. The topological polar surface area (TPSA) is 51.0 Å². The molecule has 0 bridgehead atoms. The predicted molar refractivity (Wildman–Crippen MR) is 76.9 cm³/mol. The fourth-order valence-corrected chi connectivity index (χ4v) is 3.03. The Morgan fingerprint density at radius 3 is 2.95 bits per heavy atom. The Morgan fingerprint density at radius 2 is 2.26 bits per heavy atom. The van der Waals surface area contributed by atoms with Crippen molar-refractivity contribution in [1.29, 1.82) is 0 Å². The van der Waals surface area contributed by atoms with Gasteiger partial charge in [-0.3, -0.25) is 0 Å². The smallest absolute Gasteiger partial charge is 0.234 e. The fraction of sp³-hybridized carbons (Fsp3) is 0.429. The summed E-state index contributed by atoms with van der Waals surface area (Å²) >= 11 is 3.52. The van der Waals surface area contributed by atoms with Crippen LogP contribution in [0.15, 0.2) is 33.3 Å². The minimum atomic E-state index is 0.00645. The molecule has 100 valence electrons. The number of aromatic nitrogens is 2. The molecule has 0 aliphatic carbocycles. The monoisotopic (exact) mass is 321 g/mol. The zero-order valence-corrected chi connectivity index (χ0v) is 12.4. The van der Waals surface area contributed by atoms with Crippen LogP contribution in [0.1, 0.15) is 25.7 Å². The summed E-state index contributed by atoms with van der Waals surface area (Å²) in [5.41, 5.74) is 0.974. The fourth-order valence-electron chi connectivity index (χ4n) is 2.57. The Balaban J connectivity index is 1.98. The van der Waals surface area contributed by atoms with Crippen LogP contribution in [-0.4, -0.2) is 23.2 Å². The highest BCUT2D eigenvalue weighted by molar-refractivity contribution is 9.10. The molecular formula is C14H16BrN3O. The molecule has 4 nitrogen and oxygen atoms in total. The minimum Gasteiger partial charge on any atom is -0.338 e. The van der Waals surface area contributed by atoms with Crippen LogP contribution < -0.4 is 5.32 Å². The summed E-state index contributed by atoms with van der Waals surface area (Å²) in [5.74, 6) is 1.41. The second kappa shape index (κ2) is 5.06. The third kappa shape index (κ3) is 2.21. The number of hydrogen-bond donors (Lipinski definition) is 1. The second-order valence-electron chi connectivity index (χ2n) is 4.96. The van der Waals surface area contributed by atoms with Crippen LogP contribution in [0.25, 0.3) is 11.4 Å². The zero-order chi connectivity index (χ0) is 13.3. The molecule has 1 saturated heterocycles. The largest absolute Gasteiger partial charge is 0.338 e. The van der Waals surface area contributed by atoms with Crippen molar-refractivity contribution < 1.29 is 4.52 Å². The van der Waals surface area contributed by atoms with Gasteiger partial charge in [0.15, 0.2) is 0 Å². The van der Waals surface area contributed by atoms with Crippen LogP contribution in [-0.2, 0) is 5.41 Å². The van der Waals surface area contributed by atoms with Crippen LogP contribution in [0.5, 0.6) is 0 Å². The van der Waals surface area contributed by atoms with Crippen molar-refractivity contribution in [2.24, 2.45) is 0 Å². The SMILES string of the molecule is CCC1(c2nc(-c3ccccc3Br)no2)CCNC1. The molecule has 1 aromatic carbocycles. The molecular weight excluding hydrogens is 306 g/mol. The molecule has 1 aromatic heterocycles. The number of halogens is 1. The van der Waals surface area contributed by atoms with Crippen molar-refractivity contribution in [3.8, 4) is 11.4 Å². The quantitative estimate of drug-likeness (QED) is 0.943. The van der Waals surface area contributed by atoms with Crippen LogP contribution in [0.3, 0.4) is 0 Å². The number of nitrogens with zero attached hydrogens (tertiary/aromatic N) is 2. The molecule has 1 aliphatic heterocycles. The molecule has 0 amide bonds.